The Morgan fingerprint density at radius 1 is 0.226 bits per heavy atom. The number of hydrogen-bond donors (Lipinski definition) is 0. The normalized spacial score (nSPS) is 12.1. The summed E-state index contributed by atoms with van der Waals surface area (Å²) in [6, 6.07) is 85.5. The first-order valence-electron chi connectivity index (χ1n) is 21.2. The van der Waals surface area contributed by atoms with Crippen LogP contribution in [0.2, 0.25) is 0 Å². The highest BCUT2D eigenvalue weighted by Crippen LogP contribution is 2.54. The lowest BCUT2D eigenvalue weighted by Gasteiger charge is -2.29. The van der Waals surface area contributed by atoms with Gasteiger partial charge in [0.1, 0.15) is 0 Å². The van der Waals surface area contributed by atoms with Gasteiger partial charge >= 0.3 is 0 Å². The molecule has 0 spiro atoms. The molecule has 62 heavy (non-hydrogen) atoms. The zero-order valence-electron chi connectivity index (χ0n) is 33.9. The zero-order valence-corrected chi connectivity index (χ0v) is 33.9. The lowest BCUT2D eigenvalue weighted by Crippen LogP contribution is -2.12. The number of nitrogens with zero attached hydrogens (tertiary/aromatic N) is 3. The molecule has 10 aromatic rings. The fourth-order valence-electron chi connectivity index (χ4n) is 9.50. The summed E-state index contributed by atoms with van der Waals surface area (Å²) in [6.07, 6.45) is 0. The van der Waals surface area contributed by atoms with E-state index >= 15 is 0 Å². The molecule has 0 bridgehead atoms. The molecule has 0 amide bonds. The molecular weight excluding hydrogens is 751 g/mol. The molecule has 3 heteroatoms. The first-order chi connectivity index (χ1) is 30.8. The predicted molar refractivity (Wildman–Crippen MR) is 259 cm³/mol. The van der Waals surface area contributed by atoms with Gasteiger partial charge in [0.05, 0.1) is 39.8 Å². The third kappa shape index (κ3) is 5.94. The highest BCUT2D eigenvalue weighted by molar-refractivity contribution is 6.06. The van der Waals surface area contributed by atoms with Crippen LogP contribution in [0.4, 0.5) is 34.1 Å². The fraction of sp³-hybridized carbons (Fsp3) is 0. The Morgan fingerprint density at radius 3 is 1.02 bits per heavy atom. The van der Waals surface area contributed by atoms with Crippen molar-refractivity contribution in [1.82, 2.24) is 4.98 Å². The van der Waals surface area contributed by atoms with Gasteiger partial charge in [0.15, 0.2) is 0 Å². The van der Waals surface area contributed by atoms with Gasteiger partial charge in [0, 0.05) is 39.1 Å². The Hall–Kier alpha value is -8.27. The molecule has 0 saturated carbocycles. The van der Waals surface area contributed by atoms with Crippen LogP contribution in [-0.4, -0.2) is 4.98 Å². The van der Waals surface area contributed by atoms with Gasteiger partial charge in [0.25, 0.3) is 0 Å². The number of fused-ring (bicyclic) bond motifs is 10. The fourth-order valence-corrected chi connectivity index (χ4v) is 9.50. The molecule has 0 radical (unpaired) electrons. The second-order valence-corrected chi connectivity index (χ2v) is 15.9. The largest absolute Gasteiger partial charge is 0.309 e. The quantitative estimate of drug-likeness (QED) is 0.173. The molecule has 9 aromatic carbocycles. The highest BCUT2D eigenvalue weighted by Gasteiger charge is 2.29. The average Bonchev–Trinajstić information content (AvgIpc) is 3.56. The van der Waals surface area contributed by atoms with Crippen molar-refractivity contribution in [3.8, 4) is 78.1 Å². The second kappa shape index (κ2) is 14.8. The SMILES string of the molecule is c1ccc(-c2cc(N3c4ccccc4-c4ccccc4-c4cc(-c5ccc6c(c5)-c5ccccc5-c5ccccc5N6c5ccccc5)ccc43)cc(-c3ccccc3)n2)cc1. The van der Waals surface area contributed by atoms with Crippen LogP contribution >= 0.6 is 0 Å². The molecule has 2 aliphatic rings. The summed E-state index contributed by atoms with van der Waals surface area (Å²) in [5.41, 5.74) is 22.7. The molecule has 0 fully saturated rings. The summed E-state index contributed by atoms with van der Waals surface area (Å²) in [7, 11) is 0. The Bertz CT molecular complexity index is 3240. The van der Waals surface area contributed by atoms with Crippen LogP contribution in [0.15, 0.2) is 237 Å². The minimum atomic E-state index is 0.927. The van der Waals surface area contributed by atoms with E-state index in [1.54, 1.807) is 0 Å². The van der Waals surface area contributed by atoms with Gasteiger partial charge in [-0.25, -0.2) is 4.98 Å². The molecule has 0 saturated heterocycles. The van der Waals surface area contributed by atoms with Crippen molar-refractivity contribution >= 4 is 34.1 Å². The van der Waals surface area contributed by atoms with Crippen molar-refractivity contribution < 1.29 is 0 Å². The predicted octanol–water partition coefficient (Wildman–Crippen LogP) is 16.3. The van der Waals surface area contributed by atoms with E-state index < -0.39 is 0 Å². The van der Waals surface area contributed by atoms with Gasteiger partial charge in [-0.3, -0.25) is 0 Å². The summed E-state index contributed by atoms with van der Waals surface area (Å²) in [6.45, 7) is 0. The molecular formula is C59H39N3. The number of pyridine rings is 1. The minimum Gasteiger partial charge on any atom is -0.309 e. The Kier molecular flexibility index (Phi) is 8.50. The van der Waals surface area contributed by atoms with Gasteiger partial charge in [-0.2, -0.15) is 0 Å². The van der Waals surface area contributed by atoms with E-state index in [0.717, 1.165) is 62.1 Å². The first kappa shape index (κ1) is 35.7. The highest BCUT2D eigenvalue weighted by atomic mass is 15.2. The number of aromatic nitrogens is 1. The molecule has 0 unspecified atom stereocenters. The monoisotopic (exact) mass is 789 g/mol. The number of para-hydroxylation sites is 3. The third-order valence-electron chi connectivity index (χ3n) is 12.3. The van der Waals surface area contributed by atoms with Crippen molar-refractivity contribution in [2.24, 2.45) is 0 Å². The Labute approximate surface area is 362 Å². The zero-order chi connectivity index (χ0) is 41.0. The molecule has 3 heterocycles. The van der Waals surface area contributed by atoms with Gasteiger partial charge in [-0.1, -0.05) is 176 Å². The number of rotatable bonds is 5. The number of benzene rings is 9. The van der Waals surface area contributed by atoms with Gasteiger partial charge in [-0.05, 0) is 94.0 Å². The van der Waals surface area contributed by atoms with Crippen molar-refractivity contribution in [2.75, 3.05) is 9.80 Å². The lowest BCUT2D eigenvalue weighted by molar-refractivity contribution is 1.25. The maximum Gasteiger partial charge on any atom is 0.0730 e. The summed E-state index contributed by atoms with van der Waals surface area (Å²) in [4.78, 5) is 10.1. The summed E-state index contributed by atoms with van der Waals surface area (Å²) < 4.78 is 0. The molecule has 3 nitrogen and oxygen atoms in total. The van der Waals surface area contributed by atoms with Crippen LogP contribution in [0.1, 0.15) is 0 Å². The minimum absolute atomic E-state index is 0.927. The van der Waals surface area contributed by atoms with E-state index in [1.165, 1.54) is 50.2 Å². The first-order valence-corrected chi connectivity index (χ1v) is 21.2. The Morgan fingerprint density at radius 2 is 0.565 bits per heavy atom. The van der Waals surface area contributed by atoms with Crippen LogP contribution in [0, 0.1) is 0 Å². The maximum atomic E-state index is 5.26. The molecule has 1 aromatic heterocycles. The van der Waals surface area contributed by atoms with E-state index in [0.29, 0.717) is 0 Å². The topological polar surface area (TPSA) is 19.4 Å². The van der Waals surface area contributed by atoms with E-state index in [1.807, 2.05) is 0 Å². The van der Waals surface area contributed by atoms with Crippen molar-refractivity contribution in [2.45, 2.75) is 0 Å². The van der Waals surface area contributed by atoms with Gasteiger partial charge < -0.3 is 9.80 Å². The number of anilines is 6. The van der Waals surface area contributed by atoms with Crippen molar-refractivity contribution in [1.29, 1.82) is 0 Å². The Balaban J connectivity index is 1.08. The summed E-state index contributed by atoms with van der Waals surface area (Å²) >= 11 is 0. The molecule has 0 N–H and O–H groups in total. The van der Waals surface area contributed by atoms with Crippen molar-refractivity contribution in [3.05, 3.63) is 237 Å². The van der Waals surface area contributed by atoms with E-state index in [4.69, 9.17) is 4.98 Å². The van der Waals surface area contributed by atoms with E-state index in [-0.39, 0.29) is 0 Å². The summed E-state index contributed by atoms with van der Waals surface area (Å²) in [5, 5.41) is 0. The number of hydrogen-bond acceptors (Lipinski definition) is 3. The maximum absolute atomic E-state index is 5.26. The van der Waals surface area contributed by atoms with Gasteiger partial charge in [0.2, 0.25) is 0 Å². The van der Waals surface area contributed by atoms with Crippen LogP contribution < -0.4 is 9.80 Å². The van der Waals surface area contributed by atoms with Crippen LogP contribution in [-0.2, 0) is 0 Å². The lowest BCUT2D eigenvalue weighted by atomic mass is 9.90. The second-order valence-electron chi connectivity index (χ2n) is 15.9. The molecule has 290 valence electrons. The van der Waals surface area contributed by atoms with Gasteiger partial charge in [-0.15, -0.1) is 0 Å². The third-order valence-corrected chi connectivity index (χ3v) is 12.3. The standard InChI is InChI=1S/C59H39N3/c1-4-18-40(19-5-1)54-38-45(39-55(60-54)41-20-6-2-7-21-41)62-57-31-17-15-29-51(57)47-25-11-13-27-49(47)53-37-43(33-35-59(53)62)42-32-34-58-52(36-42)48-26-12-10-24-46(48)50-28-14-16-30-56(50)61(58)44-22-8-3-9-23-44/h1-39H. The summed E-state index contributed by atoms with van der Waals surface area (Å²) in [5.74, 6) is 0. The average molecular weight is 790 g/mol. The van der Waals surface area contributed by atoms with Crippen LogP contribution in [0.3, 0.4) is 0 Å². The van der Waals surface area contributed by atoms with Crippen molar-refractivity contribution in [3.63, 3.8) is 0 Å². The molecule has 0 aliphatic carbocycles. The molecule has 2 aliphatic heterocycles. The van der Waals surface area contributed by atoms with Crippen LogP contribution in [0.25, 0.3) is 78.1 Å². The van der Waals surface area contributed by atoms with E-state index in [9.17, 15) is 0 Å². The van der Waals surface area contributed by atoms with E-state index in [2.05, 4.69) is 246 Å². The smallest absolute Gasteiger partial charge is 0.0730 e. The molecule has 0 atom stereocenters. The molecule has 12 rings (SSSR count). The van der Waals surface area contributed by atoms with Crippen LogP contribution in [0.5, 0.6) is 0 Å².